The van der Waals surface area contributed by atoms with Gasteiger partial charge in [0, 0.05) is 6.21 Å². The standard InChI is InChI=1S/C10H10F3N3O2/c1-7(17)8-5-14-9-3-2-4-15(16(8)9)18-6-10(11,12)13/h2-5,8H,6H2,1H3. The molecule has 2 heterocycles. The van der Waals surface area contributed by atoms with Crippen molar-refractivity contribution in [3.05, 3.63) is 24.2 Å². The van der Waals surface area contributed by atoms with E-state index in [2.05, 4.69) is 9.83 Å². The Morgan fingerprint density at radius 1 is 1.56 bits per heavy atom. The molecule has 5 nitrogen and oxygen atoms in total. The van der Waals surface area contributed by atoms with Crippen LogP contribution in [-0.4, -0.2) is 41.0 Å². The van der Waals surface area contributed by atoms with E-state index in [0.29, 0.717) is 5.82 Å². The number of nitrogens with zero attached hydrogens (tertiary/aromatic N) is 3. The third-order valence-electron chi connectivity index (χ3n) is 2.29. The molecule has 0 N–H and O–H groups in total. The molecule has 0 aromatic carbocycles. The summed E-state index contributed by atoms with van der Waals surface area (Å²) in [5.41, 5.74) is 0. The van der Waals surface area contributed by atoms with Crippen LogP contribution in [0.5, 0.6) is 0 Å². The van der Waals surface area contributed by atoms with Crippen molar-refractivity contribution in [2.75, 3.05) is 6.61 Å². The molecule has 0 saturated heterocycles. The number of allylic oxidation sites excluding steroid dienone is 2. The van der Waals surface area contributed by atoms with Gasteiger partial charge in [0.15, 0.2) is 12.4 Å². The van der Waals surface area contributed by atoms with E-state index in [1.54, 1.807) is 6.08 Å². The molecule has 0 saturated carbocycles. The first-order valence-electron chi connectivity index (χ1n) is 5.10. The van der Waals surface area contributed by atoms with Crippen LogP contribution in [0.15, 0.2) is 29.2 Å². The summed E-state index contributed by atoms with van der Waals surface area (Å²) in [5.74, 6) is 0.123. The number of hydrazine groups is 1. The zero-order valence-corrected chi connectivity index (χ0v) is 9.39. The second kappa shape index (κ2) is 4.45. The van der Waals surface area contributed by atoms with Crippen molar-refractivity contribution in [1.82, 2.24) is 10.2 Å². The third-order valence-corrected chi connectivity index (χ3v) is 2.29. The maximum atomic E-state index is 12.1. The number of hydrogen-bond acceptors (Lipinski definition) is 5. The van der Waals surface area contributed by atoms with Crippen LogP contribution in [0.2, 0.25) is 0 Å². The van der Waals surface area contributed by atoms with E-state index in [0.717, 1.165) is 5.17 Å². The highest BCUT2D eigenvalue weighted by Crippen LogP contribution is 2.26. The van der Waals surface area contributed by atoms with E-state index in [-0.39, 0.29) is 5.78 Å². The highest BCUT2D eigenvalue weighted by molar-refractivity contribution is 5.99. The number of hydrogen-bond donors (Lipinski definition) is 0. The number of carbonyl (C=O) groups excluding carboxylic acids is 1. The molecule has 2 rings (SSSR count). The molecule has 2 aliphatic rings. The van der Waals surface area contributed by atoms with E-state index in [1.807, 2.05) is 0 Å². The average molecular weight is 261 g/mol. The van der Waals surface area contributed by atoms with Gasteiger partial charge < -0.3 is 0 Å². The van der Waals surface area contributed by atoms with E-state index in [1.165, 1.54) is 30.4 Å². The SMILES string of the molecule is CC(=O)C1C=NC2=CC=CN(OCC(F)(F)F)N21. The number of rotatable bonds is 3. The van der Waals surface area contributed by atoms with Crippen molar-refractivity contribution in [2.24, 2.45) is 4.99 Å². The van der Waals surface area contributed by atoms with E-state index >= 15 is 0 Å². The second-order valence-corrected chi connectivity index (χ2v) is 3.74. The minimum Gasteiger partial charge on any atom is -0.297 e. The molecule has 18 heavy (non-hydrogen) atoms. The van der Waals surface area contributed by atoms with Gasteiger partial charge in [0.05, 0.1) is 6.20 Å². The second-order valence-electron chi connectivity index (χ2n) is 3.74. The number of hydroxylamine groups is 1. The van der Waals surface area contributed by atoms with Crippen LogP contribution in [0, 0.1) is 0 Å². The lowest BCUT2D eigenvalue weighted by Crippen LogP contribution is -2.47. The fourth-order valence-corrected chi connectivity index (χ4v) is 1.55. The lowest BCUT2D eigenvalue weighted by atomic mass is 10.2. The monoisotopic (exact) mass is 261 g/mol. The average Bonchev–Trinajstić information content (AvgIpc) is 2.69. The Hall–Kier alpha value is -1.83. The Kier molecular flexibility index (Phi) is 3.12. The predicted molar refractivity (Wildman–Crippen MR) is 55.9 cm³/mol. The van der Waals surface area contributed by atoms with Gasteiger partial charge in [0.25, 0.3) is 0 Å². The number of Topliss-reactive ketones (excluding diaryl/α,β-unsaturated/α-hetero) is 1. The maximum absolute atomic E-state index is 12.1. The first-order valence-corrected chi connectivity index (χ1v) is 5.10. The molecule has 2 aliphatic heterocycles. The molecule has 1 unspecified atom stereocenters. The number of carbonyl (C=O) groups is 1. The Balaban J connectivity index is 2.10. The fourth-order valence-electron chi connectivity index (χ4n) is 1.55. The Bertz CT molecular complexity index is 442. The van der Waals surface area contributed by atoms with E-state index in [9.17, 15) is 18.0 Å². The normalized spacial score (nSPS) is 22.2. The zero-order valence-electron chi connectivity index (χ0n) is 9.39. The molecule has 0 radical (unpaired) electrons. The first kappa shape index (κ1) is 12.6. The summed E-state index contributed by atoms with van der Waals surface area (Å²) < 4.78 is 36.3. The van der Waals surface area contributed by atoms with Crippen LogP contribution < -0.4 is 0 Å². The molecular weight excluding hydrogens is 251 g/mol. The van der Waals surface area contributed by atoms with Crippen molar-refractivity contribution in [3.8, 4) is 0 Å². The van der Waals surface area contributed by atoms with Gasteiger partial charge in [0.1, 0.15) is 11.9 Å². The summed E-state index contributed by atoms with van der Waals surface area (Å²) in [7, 11) is 0. The van der Waals surface area contributed by atoms with Gasteiger partial charge in [-0.3, -0.25) is 4.79 Å². The molecule has 0 aromatic heterocycles. The van der Waals surface area contributed by atoms with Crippen molar-refractivity contribution in [2.45, 2.75) is 19.1 Å². The predicted octanol–water partition coefficient (Wildman–Crippen LogP) is 1.41. The van der Waals surface area contributed by atoms with Crippen LogP contribution in [0.4, 0.5) is 13.2 Å². The number of halogens is 3. The van der Waals surface area contributed by atoms with Crippen molar-refractivity contribution in [3.63, 3.8) is 0 Å². The Labute approximate surface area is 101 Å². The van der Waals surface area contributed by atoms with Crippen LogP contribution in [0.1, 0.15) is 6.92 Å². The summed E-state index contributed by atoms with van der Waals surface area (Å²) in [6.45, 7) is -0.106. The third kappa shape index (κ3) is 2.53. The number of ketones is 1. The Morgan fingerprint density at radius 2 is 2.28 bits per heavy atom. The largest absolute Gasteiger partial charge is 0.414 e. The molecule has 98 valence electrons. The van der Waals surface area contributed by atoms with Gasteiger partial charge in [-0.15, -0.1) is 0 Å². The lowest BCUT2D eigenvalue weighted by Gasteiger charge is -2.35. The lowest BCUT2D eigenvalue weighted by molar-refractivity contribution is -0.293. The Morgan fingerprint density at radius 3 is 2.89 bits per heavy atom. The summed E-state index contributed by atoms with van der Waals surface area (Å²) >= 11 is 0. The zero-order chi connectivity index (χ0) is 13.3. The van der Waals surface area contributed by atoms with Crippen LogP contribution >= 0.6 is 0 Å². The van der Waals surface area contributed by atoms with Crippen LogP contribution in [0.25, 0.3) is 0 Å². The molecule has 8 heteroatoms. The van der Waals surface area contributed by atoms with Gasteiger partial charge in [0.2, 0.25) is 0 Å². The summed E-state index contributed by atoms with van der Waals surface area (Å²) in [6, 6.07) is -0.741. The summed E-state index contributed by atoms with van der Waals surface area (Å²) in [5, 5.41) is 2.13. The number of fused-ring (bicyclic) bond motifs is 1. The highest BCUT2D eigenvalue weighted by atomic mass is 19.4. The van der Waals surface area contributed by atoms with Gasteiger partial charge in [-0.05, 0) is 19.1 Å². The molecule has 0 spiro atoms. The number of aliphatic imine (C=N–C) groups is 1. The fraction of sp³-hybridized carbons (Fsp3) is 0.400. The minimum absolute atomic E-state index is 0.238. The smallest absolute Gasteiger partial charge is 0.297 e. The molecule has 0 fully saturated rings. The molecule has 1 atom stereocenters. The van der Waals surface area contributed by atoms with Crippen LogP contribution in [0.3, 0.4) is 0 Å². The van der Waals surface area contributed by atoms with Crippen LogP contribution in [-0.2, 0) is 9.63 Å². The van der Waals surface area contributed by atoms with E-state index in [4.69, 9.17) is 0 Å². The van der Waals surface area contributed by atoms with Gasteiger partial charge in [-0.25, -0.2) is 14.8 Å². The topological polar surface area (TPSA) is 45.1 Å². The van der Waals surface area contributed by atoms with Gasteiger partial charge in [-0.2, -0.15) is 18.3 Å². The van der Waals surface area contributed by atoms with Crippen molar-refractivity contribution >= 4 is 12.0 Å². The first-order chi connectivity index (χ1) is 8.38. The maximum Gasteiger partial charge on any atom is 0.414 e. The summed E-state index contributed by atoms with van der Waals surface area (Å²) in [4.78, 5) is 19.9. The van der Waals surface area contributed by atoms with Gasteiger partial charge in [-0.1, -0.05) is 0 Å². The van der Waals surface area contributed by atoms with Crippen molar-refractivity contribution < 1.29 is 22.8 Å². The molecule has 0 amide bonds. The quantitative estimate of drug-likeness (QED) is 0.770. The van der Waals surface area contributed by atoms with Gasteiger partial charge >= 0.3 is 6.18 Å². The molecule has 0 aromatic rings. The molecule has 0 bridgehead atoms. The highest BCUT2D eigenvalue weighted by Gasteiger charge is 2.36. The minimum atomic E-state index is -4.44. The summed E-state index contributed by atoms with van der Waals surface area (Å²) in [6.07, 6.45) is 1.28. The molecular formula is C10H10F3N3O2. The molecule has 0 aliphatic carbocycles. The number of alkyl halides is 3. The van der Waals surface area contributed by atoms with E-state index < -0.39 is 18.8 Å². The van der Waals surface area contributed by atoms with Crippen molar-refractivity contribution in [1.29, 1.82) is 0 Å².